The van der Waals surface area contributed by atoms with Crippen molar-refractivity contribution in [3.05, 3.63) is 72.6 Å². The Hall–Kier alpha value is -4.70. The number of halogens is 1. The minimum atomic E-state index is -0.383. The highest BCUT2D eigenvalue weighted by Gasteiger charge is 2.18. The molecule has 7 rings (SSSR count). The van der Waals surface area contributed by atoms with Crippen LogP contribution in [0.25, 0.3) is 56.0 Å². The molecule has 10 heteroatoms. The molecule has 1 aliphatic heterocycles. The molecule has 1 fully saturated rings. The number of benzene rings is 1. The average Bonchev–Trinajstić information content (AvgIpc) is 3.72. The van der Waals surface area contributed by atoms with Crippen LogP contribution in [0.5, 0.6) is 5.75 Å². The smallest absolute Gasteiger partial charge is 0.181 e. The molecule has 0 radical (unpaired) electrons. The minimum absolute atomic E-state index is 0.383. The molecule has 0 bridgehead atoms. The van der Waals surface area contributed by atoms with Gasteiger partial charge in [-0.2, -0.15) is 5.10 Å². The number of hydrogen-bond donors (Lipinski definition) is 2. The van der Waals surface area contributed by atoms with Crippen LogP contribution in [0, 0.1) is 5.82 Å². The second kappa shape index (κ2) is 9.55. The third kappa shape index (κ3) is 4.38. The fourth-order valence-corrected chi connectivity index (χ4v) is 5.27. The molecule has 0 atom stereocenters. The third-order valence-electron chi connectivity index (χ3n) is 7.19. The molecule has 0 aliphatic carbocycles. The van der Waals surface area contributed by atoms with Gasteiger partial charge in [0.2, 0.25) is 0 Å². The van der Waals surface area contributed by atoms with Crippen LogP contribution in [0.2, 0.25) is 0 Å². The van der Waals surface area contributed by atoms with E-state index in [2.05, 4.69) is 47.2 Å². The molecule has 0 saturated carbocycles. The van der Waals surface area contributed by atoms with Crippen LogP contribution in [0.1, 0.15) is 18.4 Å². The summed E-state index contributed by atoms with van der Waals surface area (Å²) in [5, 5.41) is 8.30. The minimum Gasteiger partial charge on any atom is -0.497 e. The van der Waals surface area contributed by atoms with Gasteiger partial charge in [0.25, 0.3) is 0 Å². The van der Waals surface area contributed by atoms with Gasteiger partial charge in [0.15, 0.2) is 17.1 Å². The molecule has 1 aromatic carbocycles. The first kappa shape index (κ1) is 23.4. The Morgan fingerprint density at radius 3 is 2.69 bits per heavy atom. The Balaban J connectivity index is 1.28. The number of imidazole rings is 1. The number of methoxy groups -OCH3 is 1. The highest BCUT2D eigenvalue weighted by Crippen LogP contribution is 2.33. The molecule has 194 valence electrons. The number of H-pyrrole nitrogens is 2. The number of nitrogens with zero attached hydrogens (tertiary/aromatic N) is 6. The predicted octanol–water partition coefficient (Wildman–Crippen LogP) is 5.37. The van der Waals surface area contributed by atoms with Gasteiger partial charge in [-0.3, -0.25) is 15.0 Å². The zero-order valence-electron chi connectivity index (χ0n) is 21.3. The summed E-state index contributed by atoms with van der Waals surface area (Å²) >= 11 is 0. The summed E-state index contributed by atoms with van der Waals surface area (Å²) in [7, 11) is 1.51. The first-order valence-corrected chi connectivity index (χ1v) is 12.9. The number of aromatic amines is 2. The van der Waals surface area contributed by atoms with Crippen LogP contribution in [-0.4, -0.2) is 60.2 Å². The van der Waals surface area contributed by atoms with Crippen molar-refractivity contribution in [2.75, 3.05) is 20.2 Å². The molecule has 9 nitrogen and oxygen atoms in total. The molecule has 0 unspecified atom stereocenters. The molecule has 0 amide bonds. The maximum absolute atomic E-state index is 14.3. The first-order chi connectivity index (χ1) is 19.1. The van der Waals surface area contributed by atoms with Crippen molar-refractivity contribution in [3.63, 3.8) is 0 Å². The fourth-order valence-electron chi connectivity index (χ4n) is 5.27. The number of hydrogen-bond acceptors (Lipinski definition) is 7. The molecule has 39 heavy (non-hydrogen) atoms. The first-order valence-electron chi connectivity index (χ1n) is 12.9. The van der Waals surface area contributed by atoms with E-state index >= 15 is 0 Å². The van der Waals surface area contributed by atoms with Gasteiger partial charge in [0.1, 0.15) is 17.3 Å². The lowest BCUT2D eigenvalue weighted by Gasteiger charge is -2.14. The zero-order chi connectivity index (χ0) is 26.3. The van der Waals surface area contributed by atoms with Gasteiger partial charge in [-0.15, -0.1) is 0 Å². The van der Waals surface area contributed by atoms with Crippen LogP contribution in [0.3, 0.4) is 0 Å². The summed E-state index contributed by atoms with van der Waals surface area (Å²) in [6.45, 7) is 3.17. The number of likely N-dealkylation sites (tertiary alicyclic amines) is 1. The van der Waals surface area contributed by atoms with E-state index in [-0.39, 0.29) is 5.82 Å². The van der Waals surface area contributed by atoms with E-state index in [1.165, 1.54) is 37.6 Å². The zero-order valence-corrected chi connectivity index (χ0v) is 21.3. The molecule has 6 aromatic rings. The maximum atomic E-state index is 14.3. The lowest BCUT2D eigenvalue weighted by atomic mass is 10.1. The summed E-state index contributed by atoms with van der Waals surface area (Å²) < 4.78 is 19.5. The summed E-state index contributed by atoms with van der Waals surface area (Å²) in [6.07, 6.45) is 9.79. The van der Waals surface area contributed by atoms with Gasteiger partial charge in [-0.1, -0.05) is 0 Å². The normalized spacial score (nSPS) is 14.0. The number of aromatic nitrogens is 7. The van der Waals surface area contributed by atoms with Crippen LogP contribution < -0.4 is 4.74 Å². The SMILES string of the molecule is COc1cc(F)cc(-c2ccnc3nc(-c4[nH]nc5ncc(-c6cncc(CN7CCCC7)c6)cc45)[nH]c23)c1. The molecule has 1 saturated heterocycles. The van der Waals surface area contributed by atoms with E-state index < -0.39 is 0 Å². The number of nitrogens with one attached hydrogen (secondary N) is 2. The van der Waals surface area contributed by atoms with Crippen LogP contribution in [-0.2, 0) is 6.54 Å². The van der Waals surface area contributed by atoms with Crippen molar-refractivity contribution >= 4 is 22.2 Å². The van der Waals surface area contributed by atoms with Gasteiger partial charge >= 0.3 is 0 Å². The van der Waals surface area contributed by atoms with Crippen molar-refractivity contribution in [2.45, 2.75) is 19.4 Å². The van der Waals surface area contributed by atoms with Crippen LogP contribution in [0.15, 0.2) is 61.2 Å². The second-order valence-electron chi connectivity index (χ2n) is 9.78. The van der Waals surface area contributed by atoms with Crippen molar-refractivity contribution in [1.29, 1.82) is 0 Å². The standard InChI is InChI=1S/C29H25FN8O/c1-39-22-10-18(9-21(30)12-22)23-4-5-32-28-25(23)34-29(35-28)26-24-11-20(15-33-27(24)37-36-26)19-8-17(13-31-14-19)16-38-6-2-3-7-38/h4-5,8-15H,2-3,6-7,16H2,1H3,(H,32,34,35)(H,33,36,37). The monoisotopic (exact) mass is 520 g/mol. The fraction of sp³-hybridized carbons (Fsp3) is 0.207. The molecular formula is C29H25FN8O. The van der Waals surface area contributed by atoms with E-state index in [9.17, 15) is 4.39 Å². The van der Waals surface area contributed by atoms with Gasteiger partial charge in [0, 0.05) is 54.1 Å². The average molecular weight is 521 g/mol. The number of pyridine rings is 3. The van der Waals surface area contributed by atoms with Crippen molar-refractivity contribution < 1.29 is 9.13 Å². The Morgan fingerprint density at radius 2 is 1.82 bits per heavy atom. The Morgan fingerprint density at radius 1 is 0.949 bits per heavy atom. The molecule has 6 heterocycles. The van der Waals surface area contributed by atoms with Crippen molar-refractivity contribution in [3.8, 4) is 39.5 Å². The van der Waals surface area contributed by atoms with Crippen molar-refractivity contribution in [2.24, 2.45) is 0 Å². The van der Waals surface area contributed by atoms with E-state index in [4.69, 9.17) is 9.72 Å². The van der Waals surface area contributed by atoms with Gasteiger partial charge in [-0.05, 0) is 67.4 Å². The Kier molecular flexibility index (Phi) is 5.74. The molecule has 0 spiro atoms. The number of ether oxygens (including phenoxy) is 1. The Bertz CT molecular complexity index is 1820. The van der Waals surface area contributed by atoms with E-state index in [0.29, 0.717) is 39.6 Å². The summed E-state index contributed by atoms with van der Waals surface area (Å²) in [6, 6.07) is 10.7. The topological polar surface area (TPSA) is 108 Å². The Labute approximate surface area is 223 Å². The van der Waals surface area contributed by atoms with Gasteiger partial charge in [0.05, 0.1) is 18.0 Å². The van der Waals surface area contributed by atoms with Gasteiger partial charge < -0.3 is 9.72 Å². The summed E-state index contributed by atoms with van der Waals surface area (Å²) in [5.41, 5.74) is 7.03. The van der Waals surface area contributed by atoms with Crippen LogP contribution in [0.4, 0.5) is 4.39 Å². The molecule has 2 N–H and O–H groups in total. The lowest BCUT2D eigenvalue weighted by molar-refractivity contribution is 0.331. The second-order valence-corrected chi connectivity index (χ2v) is 9.78. The van der Waals surface area contributed by atoms with E-state index in [1.807, 2.05) is 24.7 Å². The highest BCUT2D eigenvalue weighted by molar-refractivity contribution is 5.96. The van der Waals surface area contributed by atoms with E-state index in [0.717, 1.165) is 41.7 Å². The lowest BCUT2D eigenvalue weighted by Crippen LogP contribution is -2.18. The van der Waals surface area contributed by atoms with Crippen molar-refractivity contribution in [1.82, 2.24) is 40.0 Å². The highest BCUT2D eigenvalue weighted by atomic mass is 19.1. The molecule has 1 aliphatic rings. The van der Waals surface area contributed by atoms with Gasteiger partial charge in [-0.25, -0.2) is 19.3 Å². The maximum Gasteiger partial charge on any atom is 0.181 e. The predicted molar refractivity (Wildman–Crippen MR) is 146 cm³/mol. The number of fused-ring (bicyclic) bond motifs is 2. The molecule has 5 aromatic heterocycles. The molecular weight excluding hydrogens is 495 g/mol. The van der Waals surface area contributed by atoms with Crippen LogP contribution >= 0.6 is 0 Å². The van der Waals surface area contributed by atoms with E-state index in [1.54, 1.807) is 12.3 Å². The summed E-state index contributed by atoms with van der Waals surface area (Å²) in [4.78, 5) is 24.1. The largest absolute Gasteiger partial charge is 0.497 e. The summed E-state index contributed by atoms with van der Waals surface area (Å²) in [5.74, 6) is 0.619. The quantitative estimate of drug-likeness (QED) is 0.304. The third-order valence-corrected chi connectivity index (χ3v) is 7.19. The number of rotatable bonds is 6.